The van der Waals surface area contributed by atoms with Crippen LogP contribution in [0.2, 0.25) is 5.02 Å². The summed E-state index contributed by atoms with van der Waals surface area (Å²) >= 11 is 5.69. The highest BCUT2D eigenvalue weighted by atomic mass is 35.5. The Morgan fingerprint density at radius 3 is 2.63 bits per heavy atom. The normalized spacial score (nSPS) is 9.79. The van der Waals surface area contributed by atoms with Gasteiger partial charge in [-0.05, 0) is 12.1 Å². The van der Waals surface area contributed by atoms with E-state index in [1.807, 2.05) is 0 Å². The fourth-order valence-electron chi connectivity index (χ4n) is 1.31. The molecule has 19 heavy (non-hydrogen) atoms. The number of benzene rings is 1. The summed E-state index contributed by atoms with van der Waals surface area (Å²) in [7, 11) is 1.50. The molecule has 0 aliphatic carbocycles. The number of nitro groups is 1. The molecule has 0 bridgehead atoms. The quantitative estimate of drug-likeness (QED) is 0.625. The van der Waals surface area contributed by atoms with Crippen molar-refractivity contribution in [1.29, 1.82) is 0 Å². The Bertz CT molecular complexity index is 519. The summed E-state index contributed by atoms with van der Waals surface area (Å²) in [5.74, 6) is -0.636. The third-order valence-corrected chi connectivity index (χ3v) is 2.63. The van der Waals surface area contributed by atoms with Crippen LogP contribution in [-0.2, 0) is 4.79 Å². The molecule has 0 saturated carbocycles. The van der Waals surface area contributed by atoms with E-state index in [9.17, 15) is 19.7 Å². The van der Waals surface area contributed by atoms with Gasteiger partial charge in [0.2, 0.25) is 5.91 Å². The van der Waals surface area contributed by atoms with Crippen molar-refractivity contribution in [2.24, 2.45) is 0 Å². The molecule has 0 atom stereocenters. The smallest absolute Gasteiger partial charge is 0.287 e. The highest BCUT2D eigenvalue weighted by Gasteiger charge is 2.15. The molecular weight excluding hydrogens is 274 g/mol. The molecule has 2 N–H and O–H groups in total. The monoisotopic (exact) mass is 285 g/mol. The van der Waals surface area contributed by atoms with Gasteiger partial charge in [0.05, 0.1) is 4.92 Å². The van der Waals surface area contributed by atoms with Gasteiger partial charge in [-0.25, -0.2) is 0 Å². The van der Waals surface area contributed by atoms with Gasteiger partial charge in [-0.2, -0.15) is 0 Å². The lowest BCUT2D eigenvalue weighted by atomic mass is 10.2. The fourth-order valence-corrected chi connectivity index (χ4v) is 1.56. The molecule has 0 unspecified atom stereocenters. The molecule has 0 fully saturated rings. The molecule has 8 heteroatoms. The molecule has 1 aromatic carbocycles. The van der Waals surface area contributed by atoms with Gasteiger partial charge in [0.15, 0.2) is 0 Å². The van der Waals surface area contributed by atoms with E-state index in [0.717, 1.165) is 6.07 Å². The number of halogens is 1. The van der Waals surface area contributed by atoms with E-state index in [1.165, 1.54) is 19.2 Å². The van der Waals surface area contributed by atoms with Crippen molar-refractivity contribution in [3.05, 3.63) is 38.9 Å². The molecular formula is C11H12ClN3O4. The summed E-state index contributed by atoms with van der Waals surface area (Å²) in [6.07, 6.45) is 0.156. The number of hydrogen-bond donors (Lipinski definition) is 2. The summed E-state index contributed by atoms with van der Waals surface area (Å²) in [5, 5.41) is 15.4. The number of rotatable bonds is 5. The average molecular weight is 286 g/mol. The first-order chi connectivity index (χ1) is 8.95. The highest BCUT2D eigenvalue weighted by Crippen LogP contribution is 2.24. The topological polar surface area (TPSA) is 101 Å². The minimum absolute atomic E-state index is 0.107. The largest absolute Gasteiger partial charge is 0.359 e. The van der Waals surface area contributed by atoms with E-state index >= 15 is 0 Å². The number of hydrogen-bond acceptors (Lipinski definition) is 4. The van der Waals surface area contributed by atoms with E-state index in [0.29, 0.717) is 0 Å². The third kappa shape index (κ3) is 4.22. The molecule has 1 aromatic rings. The van der Waals surface area contributed by atoms with Gasteiger partial charge in [0.1, 0.15) is 5.02 Å². The number of carbonyl (C=O) groups excluding carboxylic acids is 2. The Morgan fingerprint density at radius 1 is 1.42 bits per heavy atom. The van der Waals surface area contributed by atoms with Crippen molar-refractivity contribution in [2.75, 3.05) is 13.6 Å². The first-order valence-electron chi connectivity index (χ1n) is 5.38. The van der Waals surface area contributed by atoms with E-state index in [1.54, 1.807) is 0 Å². The standard InChI is InChI=1S/C11H12ClN3O4/c1-13-10(16)4-5-14-11(17)7-2-3-9(15(18)19)8(12)6-7/h2-3,6H,4-5H2,1H3,(H,13,16)(H,14,17). The van der Waals surface area contributed by atoms with Gasteiger partial charge >= 0.3 is 0 Å². The second-order valence-electron chi connectivity index (χ2n) is 3.60. The van der Waals surface area contributed by atoms with Gasteiger partial charge in [-0.15, -0.1) is 0 Å². The molecule has 0 spiro atoms. The Kier molecular flexibility index (Phi) is 5.25. The van der Waals surface area contributed by atoms with E-state index in [4.69, 9.17) is 11.6 Å². The molecule has 102 valence electrons. The second-order valence-corrected chi connectivity index (χ2v) is 4.01. The van der Waals surface area contributed by atoms with Crippen LogP contribution in [0.3, 0.4) is 0 Å². The predicted octanol–water partition coefficient (Wildman–Crippen LogP) is 1.11. The minimum atomic E-state index is -0.629. The summed E-state index contributed by atoms with van der Waals surface area (Å²) in [6, 6.07) is 3.68. The van der Waals surface area contributed by atoms with Crippen molar-refractivity contribution in [1.82, 2.24) is 10.6 Å². The zero-order valence-electron chi connectivity index (χ0n) is 10.1. The van der Waals surface area contributed by atoms with Gasteiger partial charge < -0.3 is 10.6 Å². The van der Waals surface area contributed by atoms with Gasteiger partial charge in [0.25, 0.3) is 11.6 Å². The average Bonchev–Trinajstić information content (AvgIpc) is 2.37. The molecule has 0 aliphatic rings. The number of nitro benzene ring substituents is 1. The maximum Gasteiger partial charge on any atom is 0.287 e. The van der Waals surface area contributed by atoms with E-state index in [-0.39, 0.29) is 35.1 Å². The molecule has 0 saturated heterocycles. The SMILES string of the molecule is CNC(=O)CCNC(=O)c1ccc([N+](=O)[O-])c(Cl)c1. The van der Waals surface area contributed by atoms with Crippen molar-refractivity contribution in [3.8, 4) is 0 Å². The summed E-state index contributed by atoms with van der Waals surface area (Å²) < 4.78 is 0. The van der Waals surface area contributed by atoms with Crippen LogP contribution in [0.25, 0.3) is 0 Å². The Balaban J connectivity index is 2.65. The van der Waals surface area contributed by atoms with Crippen LogP contribution in [0.1, 0.15) is 16.8 Å². The summed E-state index contributed by atoms with van der Waals surface area (Å²) in [5.41, 5.74) is -0.0592. The van der Waals surface area contributed by atoms with Crippen LogP contribution in [0.5, 0.6) is 0 Å². The second kappa shape index (κ2) is 6.69. The Morgan fingerprint density at radius 2 is 2.11 bits per heavy atom. The van der Waals surface area contributed by atoms with Crippen LogP contribution in [-0.4, -0.2) is 30.3 Å². The third-order valence-electron chi connectivity index (χ3n) is 2.32. The first-order valence-corrected chi connectivity index (χ1v) is 5.76. The van der Waals surface area contributed by atoms with Crippen LogP contribution in [0, 0.1) is 10.1 Å². The van der Waals surface area contributed by atoms with Crippen LogP contribution >= 0.6 is 11.6 Å². The number of nitrogens with zero attached hydrogens (tertiary/aromatic N) is 1. The number of carbonyl (C=O) groups is 2. The molecule has 0 aliphatic heterocycles. The lowest BCUT2D eigenvalue weighted by molar-refractivity contribution is -0.384. The Hall–Kier alpha value is -2.15. The highest BCUT2D eigenvalue weighted by molar-refractivity contribution is 6.33. The van der Waals surface area contributed by atoms with Crippen molar-refractivity contribution < 1.29 is 14.5 Å². The zero-order valence-corrected chi connectivity index (χ0v) is 10.9. The van der Waals surface area contributed by atoms with Crippen molar-refractivity contribution in [3.63, 3.8) is 0 Å². The molecule has 7 nitrogen and oxygen atoms in total. The zero-order chi connectivity index (χ0) is 14.4. The van der Waals surface area contributed by atoms with Gasteiger partial charge in [-0.3, -0.25) is 19.7 Å². The molecule has 1 rings (SSSR count). The van der Waals surface area contributed by atoms with Crippen LogP contribution in [0.15, 0.2) is 18.2 Å². The van der Waals surface area contributed by atoms with Gasteiger partial charge in [0, 0.05) is 31.6 Å². The predicted molar refractivity (Wildman–Crippen MR) is 69.1 cm³/mol. The Labute approximate surface area is 114 Å². The lowest BCUT2D eigenvalue weighted by Crippen LogP contribution is -2.29. The fraction of sp³-hybridized carbons (Fsp3) is 0.273. The van der Waals surface area contributed by atoms with E-state index in [2.05, 4.69) is 10.6 Å². The number of nitrogens with one attached hydrogen (secondary N) is 2. The summed E-state index contributed by atoms with van der Waals surface area (Å²) in [6.45, 7) is 0.174. The van der Waals surface area contributed by atoms with Gasteiger partial charge in [-0.1, -0.05) is 11.6 Å². The maximum absolute atomic E-state index is 11.7. The molecule has 0 radical (unpaired) electrons. The maximum atomic E-state index is 11.7. The molecule has 2 amide bonds. The molecule has 0 aromatic heterocycles. The minimum Gasteiger partial charge on any atom is -0.359 e. The van der Waals surface area contributed by atoms with Crippen molar-refractivity contribution in [2.45, 2.75) is 6.42 Å². The van der Waals surface area contributed by atoms with Crippen molar-refractivity contribution >= 4 is 29.1 Å². The van der Waals surface area contributed by atoms with Crippen LogP contribution < -0.4 is 10.6 Å². The number of amides is 2. The lowest BCUT2D eigenvalue weighted by Gasteiger charge is -2.05. The molecule has 0 heterocycles. The van der Waals surface area contributed by atoms with Crippen LogP contribution in [0.4, 0.5) is 5.69 Å². The van der Waals surface area contributed by atoms with E-state index < -0.39 is 10.8 Å². The first kappa shape index (κ1) is 14.9. The summed E-state index contributed by atoms with van der Waals surface area (Å²) in [4.78, 5) is 32.6.